The van der Waals surface area contributed by atoms with E-state index in [1.807, 2.05) is 12.1 Å². The van der Waals surface area contributed by atoms with Crippen molar-refractivity contribution in [2.45, 2.75) is 32.5 Å². The molecule has 3 heteroatoms. The van der Waals surface area contributed by atoms with E-state index < -0.39 is 0 Å². The molecule has 0 spiro atoms. The minimum atomic E-state index is 0.486. The lowest BCUT2D eigenvalue weighted by Gasteiger charge is -1.99. The third-order valence-corrected chi connectivity index (χ3v) is 2.57. The normalized spacial score (nSPS) is 26.3. The van der Waals surface area contributed by atoms with Crippen molar-refractivity contribution in [3.8, 4) is 0 Å². The SMILES string of the molecule is CC1CC1NCc1ccc(CN)o1. The van der Waals surface area contributed by atoms with Gasteiger partial charge in [0.2, 0.25) is 0 Å². The third kappa shape index (κ3) is 2.11. The van der Waals surface area contributed by atoms with Crippen molar-refractivity contribution in [3.63, 3.8) is 0 Å². The van der Waals surface area contributed by atoms with Crippen LogP contribution >= 0.6 is 0 Å². The highest BCUT2D eigenvalue weighted by Gasteiger charge is 2.31. The first-order valence-electron chi connectivity index (χ1n) is 4.80. The van der Waals surface area contributed by atoms with Crippen molar-refractivity contribution in [1.82, 2.24) is 5.32 Å². The van der Waals surface area contributed by atoms with Gasteiger partial charge in [0.25, 0.3) is 0 Å². The fraction of sp³-hybridized carbons (Fsp3) is 0.600. The summed E-state index contributed by atoms with van der Waals surface area (Å²) in [6.07, 6.45) is 1.30. The first kappa shape index (κ1) is 8.78. The molecule has 1 saturated carbocycles. The lowest BCUT2D eigenvalue weighted by Crippen LogP contribution is -2.16. The van der Waals surface area contributed by atoms with Crippen LogP contribution in [0.3, 0.4) is 0 Å². The van der Waals surface area contributed by atoms with Crippen LogP contribution in [0.15, 0.2) is 16.5 Å². The van der Waals surface area contributed by atoms with Gasteiger partial charge < -0.3 is 15.5 Å². The van der Waals surface area contributed by atoms with E-state index >= 15 is 0 Å². The smallest absolute Gasteiger partial charge is 0.118 e. The predicted molar refractivity (Wildman–Crippen MR) is 51.0 cm³/mol. The van der Waals surface area contributed by atoms with Gasteiger partial charge in [0.15, 0.2) is 0 Å². The first-order valence-corrected chi connectivity index (χ1v) is 4.80. The zero-order chi connectivity index (χ0) is 9.26. The Balaban J connectivity index is 1.80. The second-order valence-electron chi connectivity index (χ2n) is 3.77. The fourth-order valence-corrected chi connectivity index (χ4v) is 1.47. The highest BCUT2D eigenvalue weighted by molar-refractivity contribution is 5.07. The molecule has 3 nitrogen and oxygen atoms in total. The summed E-state index contributed by atoms with van der Waals surface area (Å²) in [5.41, 5.74) is 5.44. The van der Waals surface area contributed by atoms with Gasteiger partial charge >= 0.3 is 0 Å². The number of hydrogen-bond donors (Lipinski definition) is 2. The molecule has 72 valence electrons. The van der Waals surface area contributed by atoms with Crippen molar-refractivity contribution in [3.05, 3.63) is 23.7 Å². The minimum absolute atomic E-state index is 0.486. The van der Waals surface area contributed by atoms with Crippen LogP contribution in [0.1, 0.15) is 24.9 Å². The molecule has 0 bridgehead atoms. The van der Waals surface area contributed by atoms with E-state index in [1.54, 1.807) is 0 Å². The summed E-state index contributed by atoms with van der Waals surface area (Å²) >= 11 is 0. The van der Waals surface area contributed by atoms with Crippen LogP contribution in [0.4, 0.5) is 0 Å². The second kappa shape index (κ2) is 3.52. The quantitative estimate of drug-likeness (QED) is 0.733. The lowest BCUT2D eigenvalue weighted by atomic mass is 10.4. The molecular formula is C10H16N2O. The summed E-state index contributed by atoms with van der Waals surface area (Å²) in [4.78, 5) is 0. The Labute approximate surface area is 78.3 Å². The Kier molecular flexibility index (Phi) is 2.38. The number of furan rings is 1. The van der Waals surface area contributed by atoms with Crippen molar-refractivity contribution in [1.29, 1.82) is 0 Å². The van der Waals surface area contributed by atoms with Gasteiger partial charge in [-0.15, -0.1) is 0 Å². The van der Waals surface area contributed by atoms with Gasteiger partial charge in [-0.2, -0.15) is 0 Å². The average Bonchev–Trinajstić information content (AvgIpc) is 2.68. The first-order chi connectivity index (χ1) is 6.29. The van der Waals surface area contributed by atoms with Gasteiger partial charge in [0.05, 0.1) is 13.1 Å². The van der Waals surface area contributed by atoms with E-state index in [1.165, 1.54) is 6.42 Å². The number of nitrogens with two attached hydrogens (primary N) is 1. The Hall–Kier alpha value is -0.800. The number of nitrogens with one attached hydrogen (secondary N) is 1. The molecule has 0 radical (unpaired) electrons. The molecule has 1 fully saturated rings. The summed E-state index contributed by atoms with van der Waals surface area (Å²) in [6.45, 7) is 3.57. The summed E-state index contributed by atoms with van der Waals surface area (Å²) < 4.78 is 5.46. The molecule has 0 aromatic carbocycles. The second-order valence-corrected chi connectivity index (χ2v) is 3.77. The molecule has 1 aromatic heterocycles. The Morgan fingerprint density at radius 1 is 1.54 bits per heavy atom. The fourth-order valence-electron chi connectivity index (χ4n) is 1.47. The lowest BCUT2D eigenvalue weighted by molar-refractivity contribution is 0.445. The van der Waals surface area contributed by atoms with Crippen LogP contribution in [0.5, 0.6) is 0 Å². The van der Waals surface area contributed by atoms with E-state index in [2.05, 4.69) is 12.2 Å². The standard InChI is InChI=1S/C10H16N2O/c1-7-4-10(7)12-6-9-3-2-8(5-11)13-9/h2-3,7,10,12H,4-6,11H2,1H3. The molecule has 3 N–H and O–H groups in total. The van der Waals surface area contributed by atoms with E-state index in [4.69, 9.17) is 10.2 Å². The van der Waals surface area contributed by atoms with Crippen LogP contribution in [-0.2, 0) is 13.1 Å². The van der Waals surface area contributed by atoms with Crippen molar-refractivity contribution < 1.29 is 4.42 Å². The summed E-state index contributed by atoms with van der Waals surface area (Å²) in [5.74, 6) is 2.68. The topological polar surface area (TPSA) is 51.2 Å². The maximum Gasteiger partial charge on any atom is 0.118 e. The Morgan fingerprint density at radius 3 is 2.77 bits per heavy atom. The Morgan fingerprint density at radius 2 is 2.23 bits per heavy atom. The van der Waals surface area contributed by atoms with Gasteiger partial charge in [-0.1, -0.05) is 6.92 Å². The maximum atomic E-state index is 5.46. The molecule has 0 amide bonds. The maximum absolute atomic E-state index is 5.46. The van der Waals surface area contributed by atoms with Crippen molar-refractivity contribution >= 4 is 0 Å². The molecule has 1 aliphatic carbocycles. The summed E-state index contributed by atoms with van der Waals surface area (Å²) in [6, 6.07) is 4.63. The highest BCUT2D eigenvalue weighted by atomic mass is 16.3. The van der Waals surface area contributed by atoms with Crippen LogP contribution in [0, 0.1) is 5.92 Å². The van der Waals surface area contributed by atoms with Gasteiger partial charge in [-0.3, -0.25) is 0 Å². The molecule has 2 rings (SSSR count). The Bertz CT molecular complexity index is 282. The van der Waals surface area contributed by atoms with Crippen LogP contribution in [0.2, 0.25) is 0 Å². The number of hydrogen-bond acceptors (Lipinski definition) is 3. The zero-order valence-electron chi connectivity index (χ0n) is 7.92. The van der Waals surface area contributed by atoms with Gasteiger partial charge in [-0.05, 0) is 24.5 Å². The molecule has 1 aromatic rings. The molecule has 0 saturated heterocycles. The third-order valence-electron chi connectivity index (χ3n) is 2.57. The monoisotopic (exact) mass is 180 g/mol. The number of rotatable bonds is 4. The van der Waals surface area contributed by atoms with Crippen LogP contribution in [-0.4, -0.2) is 6.04 Å². The molecule has 1 aliphatic rings. The predicted octanol–water partition coefficient (Wildman–Crippen LogP) is 1.24. The van der Waals surface area contributed by atoms with E-state index in [0.717, 1.165) is 24.0 Å². The van der Waals surface area contributed by atoms with Gasteiger partial charge in [0.1, 0.15) is 11.5 Å². The summed E-state index contributed by atoms with van der Waals surface area (Å²) in [7, 11) is 0. The largest absolute Gasteiger partial charge is 0.463 e. The van der Waals surface area contributed by atoms with Crippen LogP contribution in [0.25, 0.3) is 0 Å². The molecule has 1 heterocycles. The average molecular weight is 180 g/mol. The molecule has 2 atom stereocenters. The zero-order valence-corrected chi connectivity index (χ0v) is 7.92. The molecular weight excluding hydrogens is 164 g/mol. The van der Waals surface area contributed by atoms with Gasteiger partial charge in [-0.25, -0.2) is 0 Å². The van der Waals surface area contributed by atoms with E-state index in [9.17, 15) is 0 Å². The molecule has 0 aliphatic heterocycles. The molecule has 13 heavy (non-hydrogen) atoms. The van der Waals surface area contributed by atoms with Crippen molar-refractivity contribution in [2.75, 3.05) is 0 Å². The van der Waals surface area contributed by atoms with Crippen LogP contribution < -0.4 is 11.1 Å². The summed E-state index contributed by atoms with van der Waals surface area (Å²) in [5, 5.41) is 3.43. The van der Waals surface area contributed by atoms with Crippen molar-refractivity contribution in [2.24, 2.45) is 11.7 Å². The van der Waals surface area contributed by atoms with E-state index in [0.29, 0.717) is 12.6 Å². The van der Waals surface area contributed by atoms with Gasteiger partial charge in [0, 0.05) is 6.04 Å². The minimum Gasteiger partial charge on any atom is -0.463 e. The highest BCUT2D eigenvalue weighted by Crippen LogP contribution is 2.29. The van der Waals surface area contributed by atoms with E-state index in [-0.39, 0.29) is 0 Å². The molecule has 2 unspecified atom stereocenters.